The molecule has 0 atom stereocenters. The van der Waals surface area contributed by atoms with Gasteiger partial charge in [0.2, 0.25) is 0 Å². The second-order valence-electron chi connectivity index (χ2n) is 4.90. The van der Waals surface area contributed by atoms with E-state index in [0.717, 1.165) is 29.3 Å². The molecule has 1 aromatic carbocycles. The first-order valence-electron chi connectivity index (χ1n) is 6.58. The van der Waals surface area contributed by atoms with Crippen LogP contribution < -0.4 is 10.5 Å². The lowest BCUT2D eigenvalue weighted by Crippen LogP contribution is -2.03. The Kier molecular flexibility index (Phi) is 4.22. The molecule has 0 unspecified atom stereocenters. The molecule has 4 nitrogen and oxygen atoms in total. The van der Waals surface area contributed by atoms with Crippen LogP contribution in [0.15, 0.2) is 24.4 Å². The molecule has 3 N–H and O–H groups in total. The molecule has 0 aliphatic heterocycles. The number of ether oxygens (including phenoxy) is 1. The molecule has 0 fully saturated rings. The Morgan fingerprint density at radius 3 is 2.79 bits per heavy atom. The predicted molar refractivity (Wildman–Crippen MR) is 77.4 cm³/mol. The number of nitrogens with one attached hydrogen (secondary N) is 1. The Morgan fingerprint density at radius 1 is 1.37 bits per heavy atom. The minimum absolute atomic E-state index is 0.482. The summed E-state index contributed by atoms with van der Waals surface area (Å²) in [7, 11) is 1.69. The summed E-state index contributed by atoms with van der Waals surface area (Å²) in [6.45, 7) is 4.95. The highest BCUT2D eigenvalue weighted by Gasteiger charge is 2.11. The smallest absolute Gasteiger partial charge is 0.128 e. The van der Waals surface area contributed by atoms with E-state index in [1.165, 1.54) is 5.56 Å². The zero-order valence-electron chi connectivity index (χ0n) is 11.7. The van der Waals surface area contributed by atoms with Crippen molar-refractivity contribution in [3.8, 4) is 17.0 Å². The van der Waals surface area contributed by atoms with Crippen LogP contribution in [-0.2, 0) is 6.42 Å². The van der Waals surface area contributed by atoms with Crippen molar-refractivity contribution in [2.24, 2.45) is 5.73 Å². The Bertz CT molecular complexity index is 546. The second-order valence-corrected chi connectivity index (χ2v) is 4.90. The van der Waals surface area contributed by atoms with Crippen molar-refractivity contribution in [3.05, 3.63) is 35.8 Å². The summed E-state index contributed by atoms with van der Waals surface area (Å²) in [6, 6.07) is 6.27. The molecule has 19 heavy (non-hydrogen) atoms. The third-order valence-corrected chi connectivity index (χ3v) is 3.19. The van der Waals surface area contributed by atoms with Crippen molar-refractivity contribution in [3.63, 3.8) is 0 Å². The third kappa shape index (κ3) is 2.96. The predicted octanol–water partition coefficient (Wildman–Crippen LogP) is 2.71. The molecule has 2 rings (SSSR count). The van der Waals surface area contributed by atoms with Gasteiger partial charge < -0.3 is 15.5 Å². The van der Waals surface area contributed by atoms with E-state index in [-0.39, 0.29) is 0 Å². The summed E-state index contributed by atoms with van der Waals surface area (Å²) in [6.07, 6.45) is 2.60. The van der Waals surface area contributed by atoms with Crippen LogP contribution in [0.2, 0.25) is 0 Å². The summed E-state index contributed by atoms with van der Waals surface area (Å²) in [5.41, 5.74) is 8.85. The maximum absolute atomic E-state index is 5.54. The molecule has 0 bridgehead atoms. The fourth-order valence-corrected chi connectivity index (χ4v) is 2.06. The van der Waals surface area contributed by atoms with E-state index in [4.69, 9.17) is 10.5 Å². The molecule has 0 amide bonds. The average molecular weight is 259 g/mol. The molecule has 4 heteroatoms. The van der Waals surface area contributed by atoms with Gasteiger partial charge in [-0.3, -0.25) is 0 Å². The highest BCUT2D eigenvalue weighted by atomic mass is 16.5. The number of hydrogen-bond donors (Lipinski definition) is 2. The van der Waals surface area contributed by atoms with Gasteiger partial charge in [0.1, 0.15) is 11.6 Å². The van der Waals surface area contributed by atoms with Crippen LogP contribution in [0, 0.1) is 0 Å². The SMILES string of the molecule is COc1ccc(C(C)C)cc1-c1cnc(CCN)[nH]1. The van der Waals surface area contributed by atoms with Crippen molar-refractivity contribution in [2.75, 3.05) is 13.7 Å². The highest BCUT2D eigenvalue weighted by Crippen LogP contribution is 2.31. The van der Waals surface area contributed by atoms with E-state index in [1.807, 2.05) is 12.3 Å². The summed E-state index contributed by atoms with van der Waals surface area (Å²) in [5, 5.41) is 0. The van der Waals surface area contributed by atoms with Crippen LogP contribution in [0.25, 0.3) is 11.3 Å². The first-order valence-corrected chi connectivity index (χ1v) is 6.58. The molecule has 102 valence electrons. The van der Waals surface area contributed by atoms with Gasteiger partial charge in [0.05, 0.1) is 19.0 Å². The zero-order valence-corrected chi connectivity index (χ0v) is 11.7. The van der Waals surface area contributed by atoms with E-state index < -0.39 is 0 Å². The number of hydrogen-bond acceptors (Lipinski definition) is 3. The third-order valence-electron chi connectivity index (χ3n) is 3.19. The van der Waals surface area contributed by atoms with E-state index in [2.05, 4.69) is 35.9 Å². The number of H-pyrrole nitrogens is 1. The molecule has 0 radical (unpaired) electrons. The first kappa shape index (κ1) is 13.6. The van der Waals surface area contributed by atoms with Gasteiger partial charge in [-0.05, 0) is 30.2 Å². The molecule has 0 spiro atoms. The van der Waals surface area contributed by atoms with E-state index in [9.17, 15) is 0 Å². The molecule has 1 heterocycles. The Morgan fingerprint density at radius 2 is 2.16 bits per heavy atom. The van der Waals surface area contributed by atoms with Crippen LogP contribution in [0.4, 0.5) is 0 Å². The lowest BCUT2D eigenvalue weighted by Gasteiger charge is -2.11. The maximum Gasteiger partial charge on any atom is 0.128 e. The lowest BCUT2D eigenvalue weighted by molar-refractivity contribution is 0.416. The standard InChI is InChI=1S/C15H21N3O/c1-10(2)11-4-5-14(19-3)12(8-11)13-9-17-15(18-13)6-7-16/h4-5,8-10H,6-7,16H2,1-3H3,(H,17,18). The van der Waals surface area contributed by atoms with Crippen molar-refractivity contribution >= 4 is 0 Å². The van der Waals surface area contributed by atoms with E-state index in [0.29, 0.717) is 12.5 Å². The Labute approximate surface area is 114 Å². The number of aromatic nitrogens is 2. The van der Waals surface area contributed by atoms with Gasteiger partial charge in [-0.15, -0.1) is 0 Å². The number of nitrogens with two attached hydrogens (primary N) is 1. The summed E-state index contributed by atoms with van der Waals surface area (Å²) in [4.78, 5) is 7.64. The number of benzene rings is 1. The fraction of sp³-hybridized carbons (Fsp3) is 0.400. The Balaban J connectivity index is 2.42. The monoisotopic (exact) mass is 259 g/mol. The number of aromatic amines is 1. The minimum Gasteiger partial charge on any atom is -0.496 e. The van der Waals surface area contributed by atoms with Gasteiger partial charge in [0, 0.05) is 12.0 Å². The van der Waals surface area contributed by atoms with Crippen molar-refractivity contribution < 1.29 is 4.74 Å². The molecular weight excluding hydrogens is 238 g/mol. The number of imidazole rings is 1. The molecule has 0 aliphatic carbocycles. The first-order chi connectivity index (χ1) is 9.15. The van der Waals surface area contributed by atoms with Gasteiger partial charge in [0.25, 0.3) is 0 Å². The van der Waals surface area contributed by atoms with Crippen LogP contribution >= 0.6 is 0 Å². The van der Waals surface area contributed by atoms with Gasteiger partial charge in [-0.1, -0.05) is 19.9 Å². The van der Waals surface area contributed by atoms with Crippen LogP contribution in [0.3, 0.4) is 0 Å². The molecular formula is C15H21N3O. The fourth-order valence-electron chi connectivity index (χ4n) is 2.06. The van der Waals surface area contributed by atoms with Crippen molar-refractivity contribution in [2.45, 2.75) is 26.2 Å². The van der Waals surface area contributed by atoms with Crippen LogP contribution in [0.1, 0.15) is 31.2 Å². The van der Waals surface area contributed by atoms with Crippen LogP contribution in [-0.4, -0.2) is 23.6 Å². The lowest BCUT2D eigenvalue weighted by atomic mass is 9.99. The van der Waals surface area contributed by atoms with Gasteiger partial charge >= 0.3 is 0 Å². The molecule has 0 saturated heterocycles. The van der Waals surface area contributed by atoms with E-state index in [1.54, 1.807) is 7.11 Å². The zero-order chi connectivity index (χ0) is 13.8. The maximum atomic E-state index is 5.54. The topological polar surface area (TPSA) is 63.9 Å². The minimum atomic E-state index is 0.482. The average Bonchev–Trinajstić information content (AvgIpc) is 2.87. The van der Waals surface area contributed by atoms with Crippen LogP contribution in [0.5, 0.6) is 5.75 Å². The summed E-state index contributed by atoms with van der Waals surface area (Å²) >= 11 is 0. The largest absolute Gasteiger partial charge is 0.496 e. The molecule has 2 aromatic rings. The number of methoxy groups -OCH3 is 1. The molecule has 1 aromatic heterocycles. The van der Waals surface area contributed by atoms with Crippen molar-refractivity contribution in [1.82, 2.24) is 9.97 Å². The highest BCUT2D eigenvalue weighted by molar-refractivity contribution is 5.68. The summed E-state index contributed by atoms with van der Waals surface area (Å²) in [5.74, 6) is 2.25. The Hall–Kier alpha value is -1.81. The van der Waals surface area contributed by atoms with E-state index >= 15 is 0 Å². The quantitative estimate of drug-likeness (QED) is 0.867. The normalized spacial score (nSPS) is 11.0. The number of rotatable bonds is 5. The molecule has 0 aliphatic rings. The second kappa shape index (κ2) is 5.89. The summed E-state index contributed by atoms with van der Waals surface area (Å²) < 4.78 is 5.43. The van der Waals surface area contributed by atoms with Gasteiger partial charge in [0.15, 0.2) is 0 Å². The van der Waals surface area contributed by atoms with Crippen molar-refractivity contribution in [1.29, 1.82) is 0 Å². The van der Waals surface area contributed by atoms with Gasteiger partial charge in [-0.25, -0.2) is 4.98 Å². The van der Waals surface area contributed by atoms with Gasteiger partial charge in [-0.2, -0.15) is 0 Å². The number of nitrogens with zero attached hydrogens (tertiary/aromatic N) is 1. The molecule has 0 saturated carbocycles.